The summed E-state index contributed by atoms with van der Waals surface area (Å²) in [7, 11) is 1.47. The molecule has 1 aromatic heterocycles. The topological polar surface area (TPSA) is 97.1 Å². The number of ether oxygens (including phenoxy) is 4. The first-order chi connectivity index (χ1) is 26.3. The Morgan fingerprint density at radius 1 is 0.852 bits per heavy atom. The number of pyridine rings is 1. The van der Waals surface area contributed by atoms with Crippen LogP contribution in [0.15, 0.2) is 67.0 Å². The summed E-state index contributed by atoms with van der Waals surface area (Å²) in [6.07, 6.45) is 10.7. The van der Waals surface area contributed by atoms with Crippen LogP contribution in [-0.4, -0.2) is 66.7 Å². The van der Waals surface area contributed by atoms with Gasteiger partial charge in [-0.3, -0.25) is 19.6 Å². The zero-order valence-corrected chi connectivity index (χ0v) is 32.5. The van der Waals surface area contributed by atoms with Gasteiger partial charge in [0.15, 0.2) is 0 Å². The number of likely N-dealkylation sites (tertiary alicyclic amines) is 2. The van der Waals surface area contributed by atoms with Crippen LogP contribution in [0.25, 0.3) is 11.1 Å². The number of hydrogen-bond donors (Lipinski definition) is 0. The Morgan fingerprint density at radius 2 is 1.61 bits per heavy atom. The molecule has 0 aliphatic carbocycles. The summed E-state index contributed by atoms with van der Waals surface area (Å²) >= 11 is 6.89. The van der Waals surface area contributed by atoms with Crippen molar-refractivity contribution >= 4 is 17.6 Å². The SMILES string of the molecule is COC(=O)C1CCCCN1CCCOc1cccc(-c2cccc(COc3cc(OCc4cncc(C#N)c4)c(CN4CCCCC4)cc3Cl)c2C)c1C. The Bertz CT molecular complexity index is 1940. The molecule has 2 aliphatic heterocycles. The van der Waals surface area contributed by atoms with Crippen molar-refractivity contribution in [3.63, 3.8) is 0 Å². The number of piperidine rings is 2. The lowest BCUT2D eigenvalue weighted by molar-refractivity contribution is -0.148. The van der Waals surface area contributed by atoms with Crippen molar-refractivity contribution < 1.29 is 23.7 Å². The van der Waals surface area contributed by atoms with Gasteiger partial charge < -0.3 is 18.9 Å². The Labute approximate surface area is 324 Å². The highest BCUT2D eigenvalue weighted by Gasteiger charge is 2.29. The van der Waals surface area contributed by atoms with E-state index in [1.54, 1.807) is 18.5 Å². The lowest BCUT2D eigenvalue weighted by Crippen LogP contribution is -2.45. The van der Waals surface area contributed by atoms with Crippen LogP contribution in [0, 0.1) is 25.2 Å². The molecule has 6 rings (SSSR count). The molecule has 1 unspecified atom stereocenters. The predicted octanol–water partition coefficient (Wildman–Crippen LogP) is 8.83. The van der Waals surface area contributed by atoms with E-state index >= 15 is 0 Å². The first-order valence-electron chi connectivity index (χ1n) is 19.1. The van der Waals surface area contributed by atoms with Crippen molar-refractivity contribution in [2.75, 3.05) is 39.9 Å². The van der Waals surface area contributed by atoms with Gasteiger partial charge in [-0.05, 0) is 112 Å². The molecule has 4 aromatic rings. The Kier molecular flexibility index (Phi) is 13.8. The van der Waals surface area contributed by atoms with E-state index in [1.165, 1.54) is 26.4 Å². The third kappa shape index (κ3) is 9.92. The lowest BCUT2D eigenvalue weighted by Gasteiger charge is -2.33. The van der Waals surface area contributed by atoms with E-state index in [-0.39, 0.29) is 18.6 Å². The van der Waals surface area contributed by atoms with Crippen LogP contribution >= 0.6 is 11.6 Å². The number of hydrogen-bond acceptors (Lipinski definition) is 9. The second-order valence-electron chi connectivity index (χ2n) is 14.3. The van der Waals surface area contributed by atoms with E-state index in [9.17, 15) is 10.1 Å². The molecule has 0 N–H and O–H groups in total. The fourth-order valence-electron chi connectivity index (χ4n) is 7.55. The van der Waals surface area contributed by atoms with E-state index < -0.39 is 0 Å². The monoisotopic (exact) mass is 750 g/mol. The molecule has 284 valence electrons. The van der Waals surface area contributed by atoms with Crippen LogP contribution < -0.4 is 14.2 Å². The minimum Gasteiger partial charge on any atom is -0.493 e. The van der Waals surface area contributed by atoms with Crippen LogP contribution in [0.4, 0.5) is 0 Å². The smallest absolute Gasteiger partial charge is 0.323 e. The number of aromatic nitrogens is 1. The highest BCUT2D eigenvalue weighted by atomic mass is 35.5. The molecule has 0 bridgehead atoms. The summed E-state index contributed by atoms with van der Waals surface area (Å²) in [6, 6.07) is 20.1. The number of esters is 1. The van der Waals surface area contributed by atoms with Gasteiger partial charge in [-0.15, -0.1) is 0 Å². The molecule has 1 atom stereocenters. The largest absolute Gasteiger partial charge is 0.493 e. The summed E-state index contributed by atoms with van der Waals surface area (Å²) in [6.45, 7) is 9.93. The average Bonchev–Trinajstić information content (AvgIpc) is 3.20. The molecule has 2 fully saturated rings. The normalized spacial score (nSPS) is 16.4. The first kappa shape index (κ1) is 39.1. The Morgan fingerprint density at radius 3 is 2.41 bits per heavy atom. The third-order valence-electron chi connectivity index (χ3n) is 10.6. The molecule has 0 amide bonds. The van der Waals surface area contributed by atoms with Gasteiger partial charge >= 0.3 is 5.97 Å². The summed E-state index contributed by atoms with van der Waals surface area (Å²) in [5.74, 6) is 1.98. The van der Waals surface area contributed by atoms with Crippen LogP contribution in [0.5, 0.6) is 17.2 Å². The van der Waals surface area contributed by atoms with Gasteiger partial charge in [-0.1, -0.05) is 54.8 Å². The number of methoxy groups -OCH3 is 1. The zero-order valence-electron chi connectivity index (χ0n) is 31.7. The minimum absolute atomic E-state index is 0.140. The molecule has 54 heavy (non-hydrogen) atoms. The number of nitriles is 1. The fraction of sp³-hybridized carbons (Fsp3) is 0.432. The maximum Gasteiger partial charge on any atom is 0.323 e. The van der Waals surface area contributed by atoms with Crippen molar-refractivity contribution in [1.29, 1.82) is 5.26 Å². The Balaban J connectivity index is 1.14. The van der Waals surface area contributed by atoms with E-state index in [4.69, 9.17) is 30.5 Å². The highest BCUT2D eigenvalue weighted by molar-refractivity contribution is 6.32. The molecular formula is C44H51ClN4O5. The van der Waals surface area contributed by atoms with E-state index in [1.807, 2.05) is 24.3 Å². The van der Waals surface area contributed by atoms with Crippen LogP contribution in [0.3, 0.4) is 0 Å². The first-order valence-corrected chi connectivity index (χ1v) is 19.5. The standard InChI is InChI=1S/C44H51ClN4O5/c1-31-35(12-9-13-37(31)38-14-10-16-41(32(38)2)52-21-11-20-49-19-8-5-15-40(49)44(50)51-3)30-54-43-24-42(53-29-34-22-33(25-46)26-47-27-34)36(23-39(43)45)28-48-17-6-4-7-18-48/h9-10,12-14,16,22-24,26-27,40H,4-8,11,15,17-21,28-30H2,1-3H3. The summed E-state index contributed by atoms with van der Waals surface area (Å²) in [5.41, 5.74) is 7.80. The molecule has 0 saturated carbocycles. The quantitative estimate of drug-likeness (QED) is 0.0872. The zero-order chi connectivity index (χ0) is 37.9. The second-order valence-corrected chi connectivity index (χ2v) is 14.7. The van der Waals surface area contributed by atoms with Gasteiger partial charge in [0.1, 0.15) is 42.6 Å². The van der Waals surface area contributed by atoms with Crippen molar-refractivity contribution in [1.82, 2.24) is 14.8 Å². The molecule has 0 radical (unpaired) electrons. The van der Waals surface area contributed by atoms with Gasteiger partial charge in [0.25, 0.3) is 0 Å². The predicted molar refractivity (Wildman–Crippen MR) is 211 cm³/mol. The average molecular weight is 751 g/mol. The number of halogens is 1. The molecule has 10 heteroatoms. The van der Waals surface area contributed by atoms with E-state index in [0.717, 1.165) is 103 Å². The van der Waals surface area contributed by atoms with Crippen LogP contribution in [-0.2, 0) is 29.3 Å². The molecule has 9 nitrogen and oxygen atoms in total. The summed E-state index contributed by atoms with van der Waals surface area (Å²) < 4.78 is 24.2. The van der Waals surface area contributed by atoms with Gasteiger partial charge in [-0.2, -0.15) is 5.26 Å². The fourth-order valence-corrected chi connectivity index (χ4v) is 7.79. The number of rotatable bonds is 15. The minimum atomic E-state index is -0.153. The van der Waals surface area contributed by atoms with Gasteiger partial charge in [-0.25, -0.2) is 0 Å². The van der Waals surface area contributed by atoms with Crippen LogP contribution in [0.1, 0.15) is 78.3 Å². The molecular weight excluding hydrogens is 700 g/mol. The maximum atomic E-state index is 12.3. The van der Waals surface area contributed by atoms with Crippen molar-refractivity contribution in [3.05, 3.63) is 105 Å². The van der Waals surface area contributed by atoms with Gasteiger partial charge in [0.05, 0.1) is 24.3 Å². The molecule has 0 spiro atoms. The van der Waals surface area contributed by atoms with E-state index in [2.05, 4.69) is 59.0 Å². The molecule has 2 aliphatic rings. The van der Waals surface area contributed by atoms with Crippen LogP contribution in [0.2, 0.25) is 5.02 Å². The lowest BCUT2D eigenvalue weighted by atomic mass is 9.93. The number of carbonyl (C=O) groups is 1. The van der Waals surface area contributed by atoms with Gasteiger partial charge in [0, 0.05) is 42.7 Å². The third-order valence-corrected chi connectivity index (χ3v) is 10.9. The molecule has 3 heterocycles. The summed E-state index contributed by atoms with van der Waals surface area (Å²) in [4.78, 5) is 21.1. The highest BCUT2D eigenvalue weighted by Crippen LogP contribution is 2.37. The summed E-state index contributed by atoms with van der Waals surface area (Å²) in [5, 5.41) is 9.88. The Hall–Kier alpha value is -4.62. The molecule has 2 saturated heterocycles. The van der Waals surface area contributed by atoms with Crippen molar-refractivity contribution in [2.45, 2.75) is 84.6 Å². The number of nitrogens with zero attached hydrogens (tertiary/aromatic N) is 4. The number of benzene rings is 3. The maximum absolute atomic E-state index is 12.3. The second kappa shape index (κ2) is 19.1. The van der Waals surface area contributed by atoms with Gasteiger partial charge in [0.2, 0.25) is 0 Å². The van der Waals surface area contributed by atoms with E-state index in [0.29, 0.717) is 35.3 Å². The number of carbonyl (C=O) groups excluding carboxylic acids is 1. The molecule has 3 aromatic carbocycles. The van der Waals surface area contributed by atoms with Crippen molar-refractivity contribution in [2.24, 2.45) is 0 Å². The van der Waals surface area contributed by atoms with Crippen molar-refractivity contribution in [3.8, 4) is 34.4 Å².